The van der Waals surface area contributed by atoms with Crippen LogP contribution in [0.1, 0.15) is 239 Å². The molecule has 0 heterocycles. The molecular weight excluding hydrogens is 709 g/mol. The third-order valence-corrected chi connectivity index (χ3v) is 10.3. The van der Waals surface area contributed by atoms with E-state index in [1.165, 1.54) is 89.9 Å². The molecule has 0 saturated heterocycles. The highest BCUT2D eigenvalue weighted by Crippen LogP contribution is 2.14. The Labute approximate surface area is 352 Å². The van der Waals surface area contributed by atoms with Crippen LogP contribution in [0.25, 0.3) is 0 Å². The topological polar surface area (TPSA) is 78.9 Å². The Hall–Kier alpha value is -2.63. The van der Waals surface area contributed by atoms with Crippen molar-refractivity contribution >= 4 is 17.9 Å². The zero-order chi connectivity index (χ0) is 41.5. The maximum absolute atomic E-state index is 12.7. The fourth-order valence-electron chi connectivity index (χ4n) is 6.69. The summed E-state index contributed by atoms with van der Waals surface area (Å²) >= 11 is 0. The molecule has 0 aliphatic heterocycles. The molecule has 330 valence electrons. The lowest BCUT2D eigenvalue weighted by molar-refractivity contribution is -0.167. The number of rotatable bonds is 43. The quantitative estimate of drug-likeness (QED) is 0.0265. The van der Waals surface area contributed by atoms with Crippen LogP contribution in [0.4, 0.5) is 0 Å². The Kier molecular flexibility index (Phi) is 43.9. The van der Waals surface area contributed by atoms with E-state index >= 15 is 0 Å². The Morgan fingerprint density at radius 1 is 0.368 bits per heavy atom. The van der Waals surface area contributed by atoms with Gasteiger partial charge in [-0.2, -0.15) is 0 Å². The predicted molar refractivity (Wildman–Crippen MR) is 242 cm³/mol. The van der Waals surface area contributed by atoms with Crippen LogP contribution < -0.4 is 0 Å². The summed E-state index contributed by atoms with van der Waals surface area (Å²) in [6.07, 6.45) is 53.8. The molecule has 1 atom stereocenters. The van der Waals surface area contributed by atoms with E-state index in [-0.39, 0.29) is 31.1 Å². The highest BCUT2D eigenvalue weighted by Gasteiger charge is 2.19. The summed E-state index contributed by atoms with van der Waals surface area (Å²) < 4.78 is 16.7. The van der Waals surface area contributed by atoms with Crippen LogP contribution in [0.3, 0.4) is 0 Å². The molecule has 0 bridgehead atoms. The molecule has 0 saturated carbocycles. The lowest BCUT2D eigenvalue weighted by Crippen LogP contribution is -2.30. The summed E-state index contributed by atoms with van der Waals surface area (Å²) in [5.74, 6) is -0.907. The second-order valence-corrected chi connectivity index (χ2v) is 16.0. The normalized spacial score (nSPS) is 12.4. The van der Waals surface area contributed by atoms with Gasteiger partial charge in [-0.15, -0.1) is 0 Å². The molecular formula is C51H90O6. The smallest absolute Gasteiger partial charge is 0.306 e. The second kappa shape index (κ2) is 46.1. The third kappa shape index (κ3) is 44.3. The molecule has 0 N–H and O–H groups in total. The molecule has 0 aliphatic carbocycles. The molecule has 0 amide bonds. The maximum Gasteiger partial charge on any atom is 0.306 e. The fraction of sp³-hybridized carbons (Fsp3) is 0.784. The van der Waals surface area contributed by atoms with E-state index in [2.05, 4.69) is 69.4 Å². The molecule has 0 spiro atoms. The van der Waals surface area contributed by atoms with Gasteiger partial charge in [0, 0.05) is 19.3 Å². The molecule has 6 nitrogen and oxygen atoms in total. The standard InChI is InChI=1S/C51H90O6/c1-4-7-10-13-16-19-21-23-25-27-29-32-35-38-41-44-50(53)56-47-48(46-55-49(52)43-40-37-34-31-18-15-12-9-6-3)57-51(54)45-42-39-36-33-30-28-26-24-22-20-17-14-11-8-5-2/h7,10,16,19,23-26,48H,4-6,8-9,11-15,17-18,20-22,27-47H2,1-3H3/b10-7-,19-16-,25-23-,26-24-. The Bertz CT molecular complexity index is 1010. The van der Waals surface area contributed by atoms with Crippen LogP contribution in [-0.2, 0) is 28.6 Å². The number of hydrogen-bond donors (Lipinski definition) is 0. The van der Waals surface area contributed by atoms with Crippen LogP contribution in [0, 0.1) is 0 Å². The SMILES string of the molecule is CC/C=C\C/C=C\C/C=C\CCCCCCCC(=O)OCC(COC(=O)CCCCCCCCCCC)OC(=O)CCCCCCC/C=C\CCCCCCCC. The summed E-state index contributed by atoms with van der Waals surface area (Å²) in [5, 5.41) is 0. The van der Waals surface area contributed by atoms with E-state index in [4.69, 9.17) is 14.2 Å². The Morgan fingerprint density at radius 2 is 0.684 bits per heavy atom. The van der Waals surface area contributed by atoms with E-state index < -0.39 is 6.10 Å². The molecule has 0 aromatic heterocycles. The molecule has 0 rings (SSSR count). The van der Waals surface area contributed by atoms with Gasteiger partial charge in [0.2, 0.25) is 0 Å². The van der Waals surface area contributed by atoms with Crippen LogP contribution in [0.15, 0.2) is 48.6 Å². The number of ether oxygens (including phenoxy) is 3. The van der Waals surface area contributed by atoms with Gasteiger partial charge in [0.1, 0.15) is 13.2 Å². The van der Waals surface area contributed by atoms with Crippen molar-refractivity contribution in [2.24, 2.45) is 0 Å². The Morgan fingerprint density at radius 3 is 1.09 bits per heavy atom. The van der Waals surface area contributed by atoms with Gasteiger partial charge in [0.25, 0.3) is 0 Å². The van der Waals surface area contributed by atoms with Crippen LogP contribution >= 0.6 is 0 Å². The first-order valence-corrected chi connectivity index (χ1v) is 24.1. The highest BCUT2D eigenvalue weighted by molar-refractivity contribution is 5.71. The number of carbonyl (C=O) groups excluding carboxylic acids is 3. The van der Waals surface area contributed by atoms with Crippen molar-refractivity contribution in [3.63, 3.8) is 0 Å². The minimum Gasteiger partial charge on any atom is -0.462 e. The molecule has 0 aromatic rings. The van der Waals surface area contributed by atoms with Gasteiger partial charge in [-0.1, -0.05) is 191 Å². The first-order chi connectivity index (χ1) is 28.0. The number of allylic oxidation sites excluding steroid dienone is 8. The summed E-state index contributed by atoms with van der Waals surface area (Å²) in [6, 6.07) is 0. The van der Waals surface area contributed by atoms with Gasteiger partial charge >= 0.3 is 17.9 Å². The van der Waals surface area contributed by atoms with E-state index in [1.807, 2.05) is 0 Å². The van der Waals surface area contributed by atoms with Crippen molar-refractivity contribution in [3.05, 3.63) is 48.6 Å². The van der Waals surface area contributed by atoms with Gasteiger partial charge in [-0.3, -0.25) is 14.4 Å². The summed E-state index contributed by atoms with van der Waals surface area (Å²) in [5.41, 5.74) is 0. The largest absolute Gasteiger partial charge is 0.462 e. The average molecular weight is 799 g/mol. The monoisotopic (exact) mass is 799 g/mol. The molecule has 0 aromatic carbocycles. The molecule has 0 radical (unpaired) electrons. The molecule has 0 fully saturated rings. The van der Waals surface area contributed by atoms with E-state index in [9.17, 15) is 14.4 Å². The van der Waals surface area contributed by atoms with Gasteiger partial charge in [0.05, 0.1) is 0 Å². The zero-order valence-corrected chi connectivity index (χ0v) is 37.6. The molecule has 57 heavy (non-hydrogen) atoms. The summed E-state index contributed by atoms with van der Waals surface area (Å²) in [4.78, 5) is 37.8. The first kappa shape index (κ1) is 54.4. The third-order valence-electron chi connectivity index (χ3n) is 10.3. The predicted octanol–water partition coefficient (Wildman–Crippen LogP) is 15.5. The van der Waals surface area contributed by atoms with Gasteiger partial charge in [0.15, 0.2) is 6.10 Å². The minimum atomic E-state index is -0.780. The minimum absolute atomic E-state index is 0.0807. The first-order valence-electron chi connectivity index (χ1n) is 24.1. The van der Waals surface area contributed by atoms with E-state index in [1.54, 1.807) is 0 Å². The lowest BCUT2D eigenvalue weighted by Gasteiger charge is -2.18. The van der Waals surface area contributed by atoms with Crippen molar-refractivity contribution in [2.75, 3.05) is 13.2 Å². The molecule has 1 unspecified atom stereocenters. The fourth-order valence-corrected chi connectivity index (χ4v) is 6.69. The summed E-state index contributed by atoms with van der Waals surface area (Å²) in [7, 11) is 0. The van der Waals surface area contributed by atoms with Gasteiger partial charge in [-0.25, -0.2) is 0 Å². The van der Waals surface area contributed by atoms with Crippen LogP contribution in [-0.4, -0.2) is 37.2 Å². The van der Waals surface area contributed by atoms with Crippen LogP contribution in [0.2, 0.25) is 0 Å². The van der Waals surface area contributed by atoms with Crippen molar-refractivity contribution in [2.45, 2.75) is 245 Å². The van der Waals surface area contributed by atoms with Crippen molar-refractivity contribution in [1.82, 2.24) is 0 Å². The van der Waals surface area contributed by atoms with Crippen molar-refractivity contribution in [3.8, 4) is 0 Å². The zero-order valence-electron chi connectivity index (χ0n) is 37.6. The molecule has 6 heteroatoms. The number of unbranched alkanes of at least 4 members (excludes halogenated alkanes) is 24. The maximum atomic E-state index is 12.7. The van der Waals surface area contributed by atoms with Gasteiger partial charge in [-0.05, 0) is 77.0 Å². The van der Waals surface area contributed by atoms with Crippen molar-refractivity contribution < 1.29 is 28.6 Å². The van der Waals surface area contributed by atoms with Crippen LogP contribution in [0.5, 0.6) is 0 Å². The summed E-state index contributed by atoms with van der Waals surface area (Å²) in [6.45, 7) is 6.48. The van der Waals surface area contributed by atoms with E-state index in [0.29, 0.717) is 19.3 Å². The second-order valence-electron chi connectivity index (χ2n) is 16.0. The highest BCUT2D eigenvalue weighted by atomic mass is 16.6. The lowest BCUT2D eigenvalue weighted by atomic mass is 10.1. The number of carbonyl (C=O) groups is 3. The van der Waals surface area contributed by atoms with Crippen molar-refractivity contribution in [1.29, 1.82) is 0 Å². The number of hydrogen-bond acceptors (Lipinski definition) is 6. The number of esters is 3. The van der Waals surface area contributed by atoms with Gasteiger partial charge < -0.3 is 14.2 Å². The van der Waals surface area contributed by atoms with E-state index in [0.717, 1.165) is 109 Å². The average Bonchev–Trinajstić information content (AvgIpc) is 3.21. The molecule has 0 aliphatic rings. The Balaban J connectivity index is 4.38.